The number of benzene rings is 2. The van der Waals surface area contributed by atoms with Crippen LogP contribution >= 0.6 is 0 Å². The Hall–Kier alpha value is -4.21. The Morgan fingerprint density at radius 2 is 1.71 bits per heavy atom. The van der Waals surface area contributed by atoms with E-state index in [2.05, 4.69) is 15.1 Å². The third-order valence-corrected chi connectivity index (χ3v) is 5.27. The molecule has 0 fully saturated rings. The summed E-state index contributed by atoms with van der Waals surface area (Å²) in [6.07, 6.45) is -3.23. The Morgan fingerprint density at radius 3 is 2.31 bits per heavy atom. The number of para-hydroxylation sites is 1. The molecule has 4 rings (SSSR count). The molecule has 0 bridgehead atoms. The number of hydrogen-bond donors (Lipinski definition) is 1. The number of anilines is 2. The van der Waals surface area contributed by atoms with E-state index in [0.29, 0.717) is 17.0 Å². The van der Waals surface area contributed by atoms with E-state index in [0.717, 1.165) is 22.6 Å². The maximum atomic E-state index is 12.9. The number of alkyl halides is 3. The van der Waals surface area contributed by atoms with Crippen LogP contribution in [0.15, 0.2) is 70.3 Å². The van der Waals surface area contributed by atoms with Gasteiger partial charge in [0, 0.05) is 31.0 Å². The summed E-state index contributed by atoms with van der Waals surface area (Å²) in [5, 5.41) is 6.37. The highest BCUT2D eigenvalue weighted by atomic mass is 19.4. The van der Waals surface area contributed by atoms with Crippen molar-refractivity contribution in [2.75, 3.05) is 24.3 Å². The highest BCUT2D eigenvalue weighted by molar-refractivity contribution is 6.25. The summed E-state index contributed by atoms with van der Waals surface area (Å²) in [6, 6.07) is 15.8. The molecule has 3 aromatic rings. The second kappa shape index (κ2) is 9.21. The molecule has 0 saturated carbocycles. The minimum absolute atomic E-state index is 0.0211. The van der Waals surface area contributed by atoms with Gasteiger partial charge in [-0.05, 0) is 49.8 Å². The lowest BCUT2D eigenvalue weighted by Crippen LogP contribution is -2.30. The second-order valence-corrected chi connectivity index (χ2v) is 8.22. The molecule has 180 valence electrons. The van der Waals surface area contributed by atoms with E-state index in [-0.39, 0.29) is 11.6 Å². The Kier molecular flexibility index (Phi) is 6.29. The van der Waals surface area contributed by atoms with E-state index >= 15 is 0 Å². The summed E-state index contributed by atoms with van der Waals surface area (Å²) in [7, 11) is 3.87. The van der Waals surface area contributed by atoms with Crippen molar-refractivity contribution in [1.82, 2.24) is 9.78 Å². The number of hydrogen-bond acceptors (Lipinski definition) is 5. The average molecular weight is 480 g/mol. The molecule has 1 amide bonds. The van der Waals surface area contributed by atoms with Gasteiger partial charge in [0.05, 0.1) is 17.1 Å². The van der Waals surface area contributed by atoms with Crippen molar-refractivity contribution in [2.24, 2.45) is 9.98 Å². The molecule has 0 unspecified atom stereocenters. The SMILES string of the molecule is Cc1cc(C)n(C2=NC(=Cc3ccc(N(C)C)cc3)C(c3ccccc3NC(=O)C(F)(F)F)=N2)n1. The van der Waals surface area contributed by atoms with Crippen LogP contribution < -0.4 is 10.2 Å². The van der Waals surface area contributed by atoms with Gasteiger partial charge >= 0.3 is 12.1 Å². The first-order valence-corrected chi connectivity index (χ1v) is 10.7. The molecule has 10 heteroatoms. The minimum Gasteiger partial charge on any atom is -0.378 e. The van der Waals surface area contributed by atoms with Gasteiger partial charge in [-0.3, -0.25) is 4.79 Å². The molecule has 7 nitrogen and oxygen atoms in total. The largest absolute Gasteiger partial charge is 0.471 e. The molecule has 35 heavy (non-hydrogen) atoms. The van der Waals surface area contributed by atoms with Crippen LogP contribution in [-0.2, 0) is 4.79 Å². The zero-order valence-corrected chi connectivity index (χ0v) is 19.6. The molecular formula is C25H23F3N6O. The van der Waals surface area contributed by atoms with E-state index < -0.39 is 12.1 Å². The first-order valence-electron chi connectivity index (χ1n) is 10.7. The molecule has 0 radical (unpaired) electrons. The smallest absolute Gasteiger partial charge is 0.378 e. The monoisotopic (exact) mass is 480 g/mol. The van der Waals surface area contributed by atoms with Gasteiger partial charge in [-0.2, -0.15) is 18.3 Å². The van der Waals surface area contributed by atoms with Crippen LogP contribution in [0.3, 0.4) is 0 Å². The summed E-state index contributed by atoms with van der Waals surface area (Å²) in [5.74, 6) is -1.79. The van der Waals surface area contributed by atoms with Gasteiger partial charge in [-0.15, -0.1) is 0 Å². The Labute approximate surface area is 200 Å². The molecule has 1 aliphatic heterocycles. The van der Waals surface area contributed by atoms with E-state index in [1.54, 1.807) is 22.9 Å². The first-order chi connectivity index (χ1) is 16.5. The Bertz CT molecular complexity index is 1360. The van der Waals surface area contributed by atoms with Crippen LogP contribution in [-0.4, -0.2) is 47.6 Å². The van der Waals surface area contributed by atoms with Gasteiger partial charge in [0.15, 0.2) is 0 Å². The second-order valence-electron chi connectivity index (χ2n) is 8.22. The quantitative estimate of drug-likeness (QED) is 0.582. The number of amides is 1. The molecule has 0 spiro atoms. The predicted molar refractivity (Wildman–Crippen MR) is 131 cm³/mol. The molecule has 0 aliphatic carbocycles. The number of nitrogens with one attached hydrogen (secondary N) is 1. The number of aryl methyl sites for hydroxylation is 2. The highest BCUT2D eigenvalue weighted by Crippen LogP contribution is 2.28. The number of allylic oxidation sites excluding steroid dienone is 1. The molecule has 2 heterocycles. The van der Waals surface area contributed by atoms with Crippen molar-refractivity contribution in [2.45, 2.75) is 20.0 Å². The Balaban J connectivity index is 1.81. The van der Waals surface area contributed by atoms with Gasteiger partial charge in [0.2, 0.25) is 0 Å². The van der Waals surface area contributed by atoms with Crippen LogP contribution in [0.2, 0.25) is 0 Å². The van der Waals surface area contributed by atoms with Gasteiger partial charge in [-0.1, -0.05) is 30.3 Å². The molecule has 2 aromatic carbocycles. The van der Waals surface area contributed by atoms with Crippen molar-refractivity contribution in [3.63, 3.8) is 0 Å². The van der Waals surface area contributed by atoms with Gasteiger partial charge in [0.25, 0.3) is 5.96 Å². The lowest BCUT2D eigenvalue weighted by atomic mass is 10.0. The number of aliphatic imine (C=N–C) groups is 2. The maximum Gasteiger partial charge on any atom is 0.471 e. The summed E-state index contributed by atoms with van der Waals surface area (Å²) in [4.78, 5) is 22.9. The number of carbonyl (C=O) groups is 1. The third kappa shape index (κ3) is 5.16. The molecule has 1 aromatic heterocycles. The zero-order chi connectivity index (χ0) is 25.3. The van der Waals surface area contributed by atoms with Crippen LogP contribution in [0.25, 0.3) is 6.08 Å². The van der Waals surface area contributed by atoms with Crippen molar-refractivity contribution in [3.05, 3.63) is 82.8 Å². The van der Waals surface area contributed by atoms with Gasteiger partial charge in [0.1, 0.15) is 5.71 Å². The minimum atomic E-state index is -5.02. The van der Waals surface area contributed by atoms with Crippen molar-refractivity contribution >= 4 is 35.0 Å². The molecule has 1 N–H and O–H groups in total. The van der Waals surface area contributed by atoms with E-state index in [4.69, 9.17) is 0 Å². The topological polar surface area (TPSA) is 74.9 Å². The van der Waals surface area contributed by atoms with E-state index in [1.807, 2.05) is 68.5 Å². The lowest BCUT2D eigenvalue weighted by molar-refractivity contribution is -0.167. The summed E-state index contributed by atoms with van der Waals surface area (Å²) in [6.45, 7) is 3.70. The number of rotatable bonds is 4. The van der Waals surface area contributed by atoms with Crippen LogP contribution in [0.1, 0.15) is 22.5 Å². The number of halogens is 3. The van der Waals surface area contributed by atoms with Crippen molar-refractivity contribution in [1.29, 1.82) is 0 Å². The van der Waals surface area contributed by atoms with Crippen molar-refractivity contribution in [3.8, 4) is 0 Å². The summed E-state index contributed by atoms with van der Waals surface area (Å²) in [5.41, 5.74) is 4.46. The standard InChI is InChI=1S/C25H23F3N6O/c1-15-13-16(2)34(32-15)24-30-21(14-17-9-11-18(12-10-17)33(3)4)22(31-24)19-7-5-6-8-20(19)29-23(35)25(26,27)28/h5-14H,1-4H3,(H,29,35). The van der Waals surface area contributed by atoms with E-state index in [9.17, 15) is 18.0 Å². The average Bonchev–Trinajstić information content (AvgIpc) is 3.35. The molecule has 1 aliphatic rings. The highest BCUT2D eigenvalue weighted by Gasteiger charge is 2.39. The number of aromatic nitrogens is 2. The number of nitrogens with zero attached hydrogens (tertiary/aromatic N) is 5. The van der Waals surface area contributed by atoms with Crippen molar-refractivity contribution < 1.29 is 18.0 Å². The maximum absolute atomic E-state index is 12.9. The van der Waals surface area contributed by atoms with Crippen LogP contribution in [0, 0.1) is 13.8 Å². The molecular weight excluding hydrogens is 457 g/mol. The van der Waals surface area contributed by atoms with Gasteiger partial charge in [-0.25, -0.2) is 14.7 Å². The van der Waals surface area contributed by atoms with Gasteiger partial charge < -0.3 is 10.2 Å². The fourth-order valence-electron chi connectivity index (χ4n) is 3.59. The Morgan fingerprint density at radius 1 is 1.03 bits per heavy atom. The van der Waals surface area contributed by atoms with Crippen LogP contribution in [0.4, 0.5) is 24.5 Å². The fraction of sp³-hybridized carbons (Fsp3) is 0.200. The lowest BCUT2D eigenvalue weighted by Gasteiger charge is -2.13. The predicted octanol–water partition coefficient (Wildman–Crippen LogP) is 4.81. The first kappa shape index (κ1) is 23.9. The molecule has 0 atom stereocenters. The summed E-state index contributed by atoms with van der Waals surface area (Å²) >= 11 is 0. The summed E-state index contributed by atoms with van der Waals surface area (Å²) < 4.78 is 40.4. The molecule has 0 saturated heterocycles. The zero-order valence-electron chi connectivity index (χ0n) is 19.6. The third-order valence-electron chi connectivity index (χ3n) is 5.27. The number of carbonyl (C=O) groups excluding carboxylic acids is 1. The van der Waals surface area contributed by atoms with Crippen LogP contribution in [0.5, 0.6) is 0 Å². The normalized spacial score (nSPS) is 14.7. The van der Waals surface area contributed by atoms with E-state index in [1.165, 1.54) is 12.1 Å². The fourth-order valence-corrected chi connectivity index (χ4v) is 3.59.